The summed E-state index contributed by atoms with van der Waals surface area (Å²) >= 11 is 3.43. The maximum atomic E-state index is 11.2. The van der Waals surface area contributed by atoms with Crippen LogP contribution in [0.25, 0.3) is 0 Å². The van der Waals surface area contributed by atoms with E-state index in [1.165, 1.54) is 0 Å². The van der Waals surface area contributed by atoms with E-state index in [2.05, 4.69) is 34.3 Å². The fourth-order valence-electron chi connectivity index (χ4n) is 2.05. The second-order valence-corrected chi connectivity index (χ2v) is 4.81. The van der Waals surface area contributed by atoms with Crippen LogP contribution in [-0.4, -0.2) is 15.6 Å². The van der Waals surface area contributed by atoms with Crippen LogP contribution in [0.4, 0.5) is 0 Å². The zero-order valence-electron chi connectivity index (χ0n) is 10.2. The molecule has 1 aromatic rings. The van der Waals surface area contributed by atoms with Crippen LogP contribution >= 0.6 is 15.9 Å². The highest BCUT2D eigenvalue weighted by atomic mass is 79.9. The monoisotopic (exact) mass is 287 g/mol. The molecule has 90 valence electrons. The molecule has 1 N–H and O–H groups in total. The van der Waals surface area contributed by atoms with Crippen LogP contribution in [0.15, 0.2) is 4.47 Å². The van der Waals surface area contributed by atoms with Gasteiger partial charge in [-0.3, -0.25) is 0 Å². The summed E-state index contributed by atoms with van der Waals surface area (Å²) in [4.78, 5) is 11.2. The standard InChI is InChI=1S/C12H18BrNO2/c1-5-7(3)11-10(13)9(12(15)16)8(4)14(11)6-2/h7H,5-6H2,1-4H3,(H,15,16). The van der Waals surface area contributed by atoms with Crippen molar-refractivity contribution in [2.45, 2.75) is 46.6 Å². The molecule has 0 saturated heterocycles. The van der Waals surface area contributed by atoms with Gasteiger partial charge in [0.15, 0.2) is 0 Å². The lowest BCUT2D eigenvalue weighted by atomic mass is 10.0. The zero-order valence-corrected chi connectivity index (χ0v) is 11.8. The number of hydrogen-bond acceptors (Lipinski definition) is 1. The summed E-state index contributed by atoms with van der Waals surface area (Å²) < 4.78 is 2.83. The van der Waals surface area contributed by atoms with E-state index in [-0.39, 0.29) is 0 Å². The summed E-state index contributed by atoms with van der Waals surface area (Å²) in [5, 5.41) is 9.19. The summed E-state index contributed by atoms with van der Waals surface area (Å²) in [5.41, 5.74) is 2.33. The number of hydrogen-bond donors (Lipinski definition) is 1. The van der Waals surface area contributed by atoms with Crippen molar-refractivity contribution in [1.29, 1.82) is 0 Å². The van der Waals surface area contributed by atoms with Crippen LogP contribution in [0.3, 0.4) is 0 Å². The van der Waals surface area contributed by atoms with E-state index in [1.54, 1.807) is 0 Å². The van der Waals surface area contributed by atoms with Gasteiger partial charge in [-0.25, -0.2) is 4.79 Å². The maximum absolute atomic E-state index is 11.2. The Morgan fingerprint density at radius 1 is 1.50 bits per heavy atom. The molecule has 16 heavy (non-hydrogen) atoms. The van der Waals surface area contributed by atoms with Crippen molar-refractivity contribution in [3.05, 3.63) is 21.4 Å². The van der Waals surface area contributed by atoms with Crippen LogP contribution in [0, 0.1) is 6.92 Å². The first-order chi connectivity index (χ1) is 7.45. The number of carboxylic acids is 1. The normalized spacial score (nSPS) is 12.8. The number of aromatic carboxylic acids is 1. The van der Waals surface area contributed by atoms with E-state index in [4.69, 9.17) is 0 Å². The first-order valence-electron chi connectivity index (χ1n) is 5.57. The Kier molecular flexibility index (Phi) is 4.19. The molecular weight excluding hydrogens is 270 g/mol. The van der Waals surface area contributed by atoms with Crippen LogP contribution in [0.2, 0.25) is 0 Å². The van der Waals surface area contributed by atoms with Gasteiger partial charge in [-0.2, -0.15) is 0 Å². The van der Waals surface area contributed by atoms with Crippen molar-refractivity contribution in [2.75, 3.05) is 0 Å². The molecule has 1 unspecified atom stereocenters. The van der Waals surface area contributed by atoms with E-state index in [0.29, 0.717) is 11.5 Å². The molecule has 3 nitrogen and oxygen atoms in total. The van der Waals surface area contributed by atoms with Crippen LogP contribution < -0.4 is 0 Å². The quantitative estimate of drug-likeness (QED) is 0.915. The van der Waals surface area contributed by atoms with Crippen molar-refractivity contribution in [3.8, 4) is 0 Å². The number of nitrogens with zero attached hydrogens (tertiary/aromatic N) is 1. The summed E-state index contributed by atoms with van der Waals surface area (Å²) in [5.74, 6) is -0.498. The highest BCUT2D eigenvalue weighted by molar-refractivity contribution is 9.10. The van der Waals surface area contributed by atoms with E-state index in [9.17, 15) is 9.90 Å². The molecule has 1 aromatic heterocycles. The molecule has 0 bridgehead atoms. The fourth-order valence-corrected chi connectivity index (χ4v) is 3.11. The number of carboxylic acid groups (broad SMARTS) is 1. The van der Waals surface area contributed by atoms with Gasteiger partial charge in [0.25, 0.3) is 0 Å². The molecule has 0 aliphatic carbocycles. The summed E-state index contributed by atoms with van der Waals surface area (Å²) in [6, 6.07) is 0. The number of halogens is 1. The lowest BCUT2D eigenvalue weighted by molar-refractivity contribution is 0.0695. The Bertz CT molecular complexity index is 410. The summed E-state index contributed by atoms with van der Waals surface area (Å²) in [6.45, 7) is 8.94. The molecule has 4 heteroatoms. The van der Waals surface area contributed by atoms with E-state index in [0.717, 1.165) is 28.8 Å². The van der Waals surface area contributed by atoms with Crippen LogP contribution in [-0.2, 0) is 6.54 Å². The Hall–Kier alpha value is -0.770. The summed E-state index contributed by atoms with van der Waals surface area (Å²) in [6.07, 6.45) is 1.00. The predicted molar refractivity (Wildman–Crippen MR) is 68.2 cm³/mol. The van der Waals surface area contributed by atoms with Gasteiger partial charge < -0.3 is 9.67 Å². The third-order valence-electron chi connectivity index (χ3n) is 3.11. The average molecular weight is 288 g/mol. The molecule has 0 aliphatic rings. The molecule has 0 saturated carbocycles. The van der Waals surface area contributed by atoms with Crippen molar-refractivity contribution in [1.82, 2.24) is 4.57 Å². The average Bonchev–Trinajstić information content (AvgIpc) is 2.48. The van der Waals surface area contributed by atoms with Gasteiger partial charge in [0.2, 0.25) is 0 Å². The van der Waals surface area contributed by atoms with Gasteiger partial charge in [0.05, 0.1) is 10.0 Å². The second-order valence-electron chi connectivity index (χ2n) is 4.02. The molecule has 1 rings (SSSR count). The van der Waals surface area contributed by atoms with Gasteiger partial charge in [-0.15, -0.1) is 0 Å². The third kappa shape index (κ3) is 2.03. The minimum Gasteiger partial charge on any atom is -0.478 e. The Labute approximate surface area is 105 Å². The minimum atomic E-state index is -0.860. The SMILES string of the molecule is CCC(C)c1c(Br)c(C(=O)O)c(C)n1CC. The predicted octanol–water partition coefficient (Wildman–Crippen LogP) is 3.79. The van der Waals surface area contributed by atoms with Gasteiger partial charge in [-0.05, 0) is 42.1 Å². The van der Waals surface area contributed by atoms with Crippen molar-refractivity contribution >= 4 is 21.9 Å². The largest absolute Gasteiger partial charge is 0.478 e. The minimum absolute atomic E-state index is 0.362. The van der Waals surface area contributed by atoms with Crippen LogP contribution in [0.1, 0.15) is 54.9 Å². The topological polar surface area (TPSA) is 42.2 Å². The molecular formula is C12H18BrNO2. The maximum Gasteiger partial charge on any atom is 0.338 e. The summed E-state index contributed by atoms with van der Waals surface area (Å²) in [7, 11) is 0. The number of carbonyl (C=O) groups is 1. The Morgan fingerprint density at radius 2 is 2.06 bits per heavy atom. The first-order valence-corrected chi connectivity index (χ1v) is 6.36. The number of rotatable bonds is 4. The molecule has 0 aromatic carbocycles. The van der Waals surface area contributed by atoms with E-state index < -0.39 is 5.97 Å². The van der Waals surface area contributed by atoms with Gasteiger partial charge in [0, 0.05) is 17.9 Å². The van der Waals surface area contributed by atoms with Crippen molar-refractivity contribution < 1.29 is 9.90 Å². The number of aromatic nitrogens is 1. The molecule has 0 radical (unpaired) electrons. The third-order valence-corrected chi connectivity index (χ3v) is 3.91. The molecule has 0 aliphatic heterocycles. The zero-order chi connectivity index (χ0) is 12.5. The van der Waals surface area contributed by atoms with Gasteiger partial charge in [-0.1, -0.05) is 13.8 Å². The van der Waals surface area contributed by atoms with Crippen LogP contribution in [0.5, 0.6) is 0 Å². The molecule has 0 spiro atoms. The highest BCUT2D eigenvalue weighted by Crippen LogP contribution is 2.34. The second kappa shape index (κ2) is 5.04. The van der Waals surface area contributed by atoms with Gasteiger partial charge >= 0.3 is 5.97 Å². The molecule has 1 atom stereocenters. The molecule has 1 heterocycles. The molecule has 0 fully saturated rings. The molecule has 0 amide bonds. The smallest absolute Gasteiger partial charge is 0.338 e. The Balaban J connectivity index is 3.48. The highest BCUT2D eigenvalue weighted by Gasteiger charge is 2.24. The van der Waals surface area contributed by atoms with Crippen molar-refractivity contribution in [3.63, 3.8) is 0 Å². The fraction of sp³-hybridized carbons (Fsp3) is 0.583. The Morgan fingerprint density at radius 3 is 2.44 bits per heavy atom. The van der Waals surface area contributed by atoms with Crippen molar-refractivity contribution in [2.24, 2.45) is 0 Å². The first kappa shape index (κ1) is 13.3. The van der Waals surface area contributed by atoms with E-state index >= 15 is 0 Å². The van der Waals surface area contributed by atoms with E-state index in [1.807, 2.05) is 13.8 Å². The van der Waals surface area contributed by atoms with Gasteiger partial charge in [0.1, 0.15) is 0 Å². The lowest BCUT2D eigenvalue weighted by Gasteiger charge is -2.14. The lowest BCUT2D eigenvalue weighted by Crippen LogP contribution is -2.06.